The molecule has 1 heterocycles. The van der Waals surface area contributed by atoms with Crippen LogP contribution in [0.1, 0.15) is 20.9 Å². The molecule has 20 heavy (non-hydrogen) atoms. The highest BCUT2D eigenvalue weighted by Gasteiger charge is 2.14. The molecule has 0 amide bonds. The van der Waals surface area contributed by atoms with Crippen molar-refractivity contribution in [3.8, 4) is 0 Å². The lowest BCUT2D eigenvalue weighted by molar-refractivity contribution is -0.385. The van der Waals surface area contributed by atoms with Gasteiger partial charge in [0.1, 0.15) is 0 Å². The molecule has 0 saturated heterocycles. The summed E-state index contributed by atoms with van der Waals surface area (Å²) >= 11 is 5.08. The van der Waals surface area contributed by atoms with Crippen LogP contribution in [0, 0.1) is 24.0 Å². The van der Waals surface area contributed by atoms with Gasteiger partial charge in [0.25, 0.3) is 5.69 Å². The van der Waals surface area contributed by atoms with Gasteiger partial charge in [-0.1, -0.05) is 12.1 Å². The second kappa shape index (κ2) is 6.47. The molecule has 0 aliphatic carbocycles. The van der Waals surface area contributed by atoms with E-state index in [9.17, 15) is 10.1 Å². The van der Waals surface area contributed by atoms with Crippen molar-refractivity contribution in [3.63, 3.8) is 0 Å². The summed E-state index contributed by atoms with van der Waals surface area (Å²) in [6.45, 7) is 5.58. The molecule has 4 nitrogen and oxygen atoms in total. The van der Waals surface area contributed by atoms with Gasteiger partial charge in [0.05, 0.1) is 9.40 Å². The lowest BCUT2D eigenvalue weighted by atomic mass is 10.2. The lowest BCUT2D eigenvalue weighted by Gasteiger charge is -2.06. The normalized spacial score (nSPS) is 10.8. The van der Waals surface area contributed by atoms with Gasteiger partial charge in [-0.3, -0.25) is 10.1 Å². The first-order valence-electron chi connectivity index (χ1n) is 6.17. The monoisotopic (exact) mass is 354 g/mol. The third kappa shape index (κ3) is 3.45. The van der Waals surface area contributed by atoms with Crippen LogP contribution in [-0.2, 0) is 13.1 Å². The van der Waals surface area contributed by atoms with Crippen LogP contribution in [0.25, 0.3) is 0 Å². The Morgan fingerprint density at radius 1 is 1.35 bits per heavy atom. The second-order valence-electron chi connectivity index (χ2n) is 4.56. The zero-order valence-electron chi connectivity index (χ0n) is 11.3. The number of halogens is 1. The van der Waals surface area contributed by atoms with Crippen molar-refractivity contribution in [2.45, 2.75) is 26.9 Å². The minimum atomic E-state index is -0.375. The highest BCUT2D eigenvalue weighted by atomic mass is 79.9. The number of nitrogens with zero attached hydrogens (tertiary/aromatic N) is 1. The molecule has 2 rings (SSSR count). The summed E-state index contributed by atoms with van der Waals surface area (Å²) in [6, 6.07) is 7.27. The minimum Gasteiger partial charge on any atom is -0.308 e. The van der Waals surface area contributed by atoms with Crippen molar-refractivity contribution in [2.24, 2.45) is 0 Å². The van der Waals surface area contributed by atoms with Crippen LogP contribution >= 0.6 is 27.3 Å². The second-order valence-corrected chi connectivity index (χ2v) is 6.70. The van der Waals surface area contributed by atoms with E-state index >= 15 is 0 Å². The Morgan fingerprint density at radius 2 is 2.10 bits per heavy atom. The molecule has 0 aliphatic heterocycles. The Morgan fingerprint density at radius 3 is 2.70 bits per heavy atom. The Bertz CT molecular complexity index is 621. The van der Waals surface area contributed by atoms with Crippen LogP contribution in [0.3, 0.4) is 0 Å². The zero-order chi connectivity index (χ0) is 14.7. The number of nitro benzene ring substituents is 1. The van der Waals surface area contributed by atoms with Gasteiger partial charge < -0.3 is 5.32 Å². The summed E-state index contributed by atoms with van der Waals surface area (Å²) in [7, 11) is 0. The number of hydrogen-bond donors (Lipinski definition) is 1. The zero-order valence-corrected chi connectivity index (χ0v) is 13.7. The van der Waals surface area contributed by atoms with E-state index in [-0.39, 0.29) is 10.6 Å². The number of hydrogen-bond acceptors (Lipinski definition) is 4. The molecule has 0 unspecified atom stereocenters. The first kappa shape index (κ1) is 15.2. The topological polar surface area (TPSA) is 55.2 Å². The summed E-state index contributed by atoms with van der Waals surface area (Å²) in [5, 5.41) is 14.2. The van der Waals surface area contributed by atoms with Gasteiger partial charge in [0, 0.05) is 28.9 Å². The third-order valence-corrected chi connectivity index (χ3v) is 5.15. The number of thiophene rings is 1. The molecule has 0 spiro atoms. The summed E-state index contributed by atoms with van der Waals surface area (Å²) in [4.78, 5) is 13.1. The number of nitrogens with one attached hydrogen (secondary N) is 1. The Kier molecular flexibility index (Phi) is 4.91. The number of nitro groups is 1. The van der Waals surface area contributed by atoms with Crippen LogP contribution in [0.2, 0.25) is 0 Å². The maximum Gasteiger partial charge on any atom is 0.283 e. The molecule has 1 aromatic heterocycles. The van der Waals surface area contributed by atoms with Gasteiger partial charge in [-0.05, 0) is 47.0 Å². The predicted molar refractivity (Wildman–Crippen MR) is 85.1 cm³/mol. The fraction of sp³-hybridized carbons (Fsp3) is 0.286. The molecule has 2 aromatic rings. The van der Waals surface area contributed by atoms with Crippen LogP contribution in [-0.4, -0.2) is 4.92 Å². The Balaban J connectivity index is 2.01. The third-order valence-electron chi connectivity index (χ3n) is 3.09. The summed E-state index contributed by atoms with van der Waals surface area (Å²) in [5.74, 6) is 0. The van der Waals surface area contributed by atoms with Crippen molar-refractivity contribution < 1.29 is 4.92 Å². The Hall–Kier alpha value is -1.24. The maximum absolute atomic E-state index is 10.9. The van der Waals surface area contributed by atoms with E-state index in [1.807, 2.05) is 6.07 Å². The largest absolute Gasteiger partial charge is 0.308 e. The average Bonchev–Trinajstić information content (AvgIpc) is 2.70. The summed E-state index contributed by atoms with van der Waals surface area (Å²) < 4.78 is 0.552. The van der Waals surface area contributed by atoms with Crippen molar-refractivity contribution in [2.75, 3.05) is 0 Å². The first-order chi connectivity index (χ1) is 9.49. The van der Waals surface area contributed by atoms with E-state index in [4.69, 9.17) is 0 Å². The highest BCUT2D eigenvalue weighted by molar-refractivity contribution is 9.10. The molecule has 0 radical (unpaired) electrons. The molecule has 0 fully saturated rings. The van der Waals surface area contributed by atoms with Crippen LogP contribution in [0.15, 0.2) is 28.7 Å². The number of aryl methyl sites for hydroxylation is 2. The molecule has 106 valence electrons. The Labute approximate surface area is 130 Å². The van der Waals surface area contributed by atoms with Crippen molar-refractivity contribution in [3.05, 3.63) is 59.7 Å². The molecular formula is C14H15BrN2O2S. The molecular weight excluding hydrogens is 340 g/mol. The van der Waals surface area contributed by atoms with E-state index in [0.717, 1.165) is 12.1 Å². The molecule has 1 aromatic carbocycles. The van der Waals surface area contributed by atoms with E-state index in [1.165, 1.54) is 21.4 Å². The molecule has 0 atom stereocenters. The van der Waals surface area contributed by atoms with E-state index in [1.54, 1.807) is 17.4 Å². The maximum atomic E-state index is 10.9. The van der Waals surface area contributed by atoms with E-state index < -0.39 is 0 Å². The summed E-state index contributed by atoms with van der Waals surface area (Å²) in [5.41, 5.74) is 2.31. The SMILES string of the molecule is Cc1cc(CNCc2cccc([N+](=O)[O-])c2Br)sc1C. The standard InChI is InChI=1S/C14H15BrN2O2S/c1-9-6-12(20-10(9)2)8-16-7-11-4-3-5-13(14(11)15)17(18)19/h3-6,16H,7-8H2,1-2H3. The van der Waals surface area contributed by atoms with Gasteiger partial charge in [-0.2, -0.15) is 0 Å². The van der Waals surface area contributed by atoms with Crippen molar-refractivity contribution >= 4 is 33.0 Å². The fourth-order valence-corrected chi connectivity index (χ4v) is 3.47. The molecule has 0 bridgehead atoms. The van der Waals surface area contributed by atoms with Gasteiger partial charge in [0.2, 0.25) is 0 Å². The average molecular weight is 355 g/mol. The van der Waals surface area contributed by atoms with Crippen LogP contribution < -0.4 is 5.32 Å². The molecule has 0 saturated carbocycles. The van der Waals surface area contributed by atoms with Crippen LogP contribution in [0.4, 0.5) is 5.69 Å². The van der Waals surface area contributed by atoms with Gasteiger partial charge in [-0.25, -0.2) is 0 Å². The summed E-state index contributed by atoms with van der Waals surface area (Å²) in [6.07, 6.45) is 0. The quantitative estimate of drug-likeness (QED) is 0.642. The fourth-order valence-electron chi connectivity index (χ4n) is 1.90. The van der Waals surface area contributed by atoms with Gasteiger partial charge in [-0.15, -0.1) is 11.3 Å². The smallest absolute Gasteiger partial charge is 0.283 e. The van der Waals surface area contributed by atoms with E-state index in [0.29, 0.717) is 11.0 Å². The molecule has 0 aliphatic rings. The predicted octanol–water partition coefficient (Wildman–Crippen LogP) is 4.33. The van der Waals surface area contributed by atoms with E-state index in [2.05, 4.69) is 41.2 Å². The van der Waals surface area contributed by atoms with Crippen molar-refractivity contribution in [1.29, 1.82) is 0 Å². The van der Waals surface area contributed by atoms with Crippen molar-refractivity contribution in [1.82, 2.24) is 5.32 Å². The minimum absolute atomic E-state index is 0.104. The van der Waals surface area contributed by atoms with Gasteiger partial charge in [0.15, 0.2) is 0 Å². The molecule has 1 N–H and O–H groups in total. The van der Waals surface area contributed by atoms with Crippen LogP contribution in [0.5, 0.6) is 0 Å². The highest BCUT2D eigenvalue weighted by Crippen LogP contribution is 2.28. The van der Waals surface area contributed by atoms with Gasteiger partial charge >= 0.3 is 0 Å². The lowest BCUT2D eigenvalue weighted by Crippen LogP contribution is -2.12. The number of benzene rings is 1. The first-order valence-corrected chi connectivity index (χ1v) is 7.78. The molecule has 6 heteroatoms. The number of rotatable bonds is 5.